The fourth-order valence-electron chi connectivity index (χ4n) is 2.85. The first-order valence-electron chi connectivity index (χ1n) is 8.40. The van der Waals surface area contributed by atoms with Gasteiger partial charge in [-0.3, -0.25) is 4.79 Å². The van der Waals surface area contributed by atoms with Crippen molar-refractivity contribution >= 4 is 11.6 Å². The Bertz CT molecular complexity index is 975. The van der Waals surface area contributed by atoms with E-state index < -0.39 is 17.8 Å². The van der Waals surface area contributed by atoms with Crippen molar-refractivity contribution < 1.29 is 18.0 Å². The van der Waals surface area contributed by atoms with E-state index in [4.69, 9.17) is 0 Å². The molecular weight excluding hydrogens is 361 g/mol. The van der Waals surface area contributed by atoms with Gasteiger partial charge >= 0.3 is 6.18 Å². The molecule has 0 atom stereocenters. The smallest absolute Gasteiger partial charge is 0.337 e. The van der Waals surface area contributed by atoms with Crippen LogP contribution in [0.1, 0.15) is 40.9 Å². The van der Waals surface area contributed by atoms with E-state index in [1.807, 2.05) is 14.0 Å². The van der Waals surface area contributed by atoms with Gasteiger partial charge in [-0.25, -0.2) is 14.5 Å². The highest BCUT2D eigenvalue weighted by atomic mass is 19.4. The van der Waals surface area contributed by atoms with Crippen LogP contribution in [-0.4, -0.2) is 41.5 Å². The molecule has 0 N–H and O–H groups in total. The van der Waals surface area contributed by atoms with Crippen LogP contribution in [-0.2, 0) is 19.8 Å². The zero-order valence-electron chi connectivity index (χ0n) is 15.2. The Hall–Kier alpha value is -2.91. The van der Waals surface area contributed by atoms with Crippen LogP contribution in [0.5, 0.6) is 0 Å². The number of carbonyl (C=O) groups excluding carboxylic acids is 1. The maximum atomic E-state index is 13.3. The minimum Gasteiger partial charge on any atom is -0.337 e. The van der Waals surface area contributed by atoms with Crippen LogP contribution in [0.3, 0.4) is 0 Å². The largest absolute Gasteiger partial charge is 0.433 e. The van der Waals surface area contributed by atoms with Crippen LogP contribution < -0.4 is 0 Å². The van der Waals surface area contributed by atoms with Gasteiger partial charge in [0, 0.05) is 31.7 Å². The van der Waals surface area contributed by atoms with Gasteiger partial charge in [-0.15, -0.1) is 0 Å². The summed E-state index contributed by atoms with van der Waals surface area (Å²) in [5.41, 5.74) is -0.870. The number of hydrogen-bond donors (Lipinski definition) is 0. The highest BCUT2D eigenvalue weighted by molar-refractivity contribution is 5.99. The number of fused-ring (bicyclic) bond motifs is 1. The topological polar surface area (TPSA) is 68.3 Å². The van der Waals surface area contributed by atoms with Gasteiger partial charge in [0.15, 0.2) is 5.65 Å². The van der Waals surface area contributed by atoms with Gasteiger partial charge in [0.2, 0.25) is 0 Å². The van der Waals surface area contributed by atoms with Crippen molar-refractivity contribution in [2.75, 3.05) is 6.54 Å². The van der Waals surface area contributed by atoms with Crippen LogP contribution >= 0.6 is 0 Å². The number of carbonyl (C=O) groups is 1. The van der Waals surface area contributed by atoms with E-state index in [-0.39, 0.29) is 23.4 Å². The average molecular weight is 380 g/mol. The molecule has 10 heteroatoms. The van der Waals surface area contributed by atoms with Gasteiger partial charge < -0.3 is 9.47 Å². The van der Waals surface area contributed by atoms with Crippen LogP contribution in [0.4, 0.5) is 13.2 Å². The monoisotopic (exact) mass is 380 g/mol. The van der Waals surface area contributed by atoms with Crippen molar-refractivity contribution in [2.24, 2.45) is 7.05 Å². The summed E-state index contributed by atoms with van der Waals surface area (Å²) in [5, 5.41) is 3.77. The molecule has 0 spiro atoms. The van der Waals surface area contributed by atoms with E-state index in [1.165, 1.54) is 11.8 Å². The normalized spacial score (nSPS) is 11.9. The molecular formula is C17H19F3N6O. The molecule has 3 aromatic heterocycles. The Morgan fingerprint density at radius 2 is 2.07 bits per heavy atom. The molecule has 0 saturated carbocycles. The van der Waals surface area contributed by atoms with E-state index in [0.29, 0.717) is 23.3 Å². The Morgan fingerprint density at radius 3 is 2.67 bits per heavy atom. The van der Waals surface area contributed by atoms with Gasteiger partial charge in [0.1, 0.15) is 17.1 Å². The lowest BCUT2D eigenvalue weighted by molar-refractivity contribution is -0.142. The molecule has 3 heterocycles. The first kappa shape index (κ1) is 18.9. The zero-order valence-corrected chi connectivity index (χ0v) is 15.2. The first-order valence-corrected chi connectivity index (χ1v) is 8.40. The van der Waals surface area contributed by atoms with Crippen LogP contribution in [0.2, 0.25) is 0 Å². The van der Waals surface area contributed by atoms with E-state index in [9.17, 15) is 18.0 Å². The molecule has 3 aromatic rings. The van der Waals surface area contributed by atoms with Crippen molar-refractivity contribution in [3.63, 3.8) is 0 Å². The summed E-state index contributed by atoms with van der Waals surface area (Å²) in [6.07, 6.45) is 0.615. The Labute approximate surface area is 153 Å². The van der Waals surface area contributed by atoms with Crippen LogP contribution in [0, 0.1) is 6.92 Å². The van der Waals surface area contributed by atoms with E-state index in [0.717, 1.165) is 12.3 Å². The predicted octanol–water partition coefficient (Wildman–Crippen LogP) is 2.84. The number of halogens is 3. The summed E-state index contributed by atoms with van der Waals surface area (Å²) in [7, 11) is 1.81. The summed E-state index contributed by atoms with van der Waals surface area (Å²) in [6, 6.07) is 0.909. The SMILES string of the molecule is CCCN(Cc1nccn1C)C(=O)c1cnn2c(C(F)(F)F)cc(C)nc12. The second-order valence-corrected chi connectivity index (χ2v) is 6.26. The molecule has 0 saturated heterocycles. The van der Waals surface area contributed by atoms with Gasteiger partial charge in [-0.1, -0.05) is 6.92 Å². The number of imidazole rings is 1. The molecule has 0 aliphatic heterocycles. The molecule has 27 heavy (non-hydrogen) atoms. The number of nitrogens with zero attached hydrogens (tertiary/aromatic N) is 6. The van der Waals surface area contributed by atoms with Gasteiger partial charge in [-0.05, 0) is 19.4 Å². The lowest BCUT2D eigenvalue weighted by Crippen LogP contribution is -2.32. The maximum absolute atomic E-state index is 13.3. The van der Waals surface area contributed by atoms with E-state index >= 15 is 0 Å². The van der Waals surface area contributed by atoms with Crippen molar-refractivity contribution in [3.05, 3.63) is 47.4 Å². The molecule has 0 fully saturated rings. The lowest BCUT2D eigenvalue weighted by atomic mass is 10.2. The molecule has 0 aliphatic rings. The highest BCUT2D eigenvalue weighted by Gasteiger charge is 2.36. The number of alkyl halides is 3. The third-order valence-electron chi connectivity index (χ3n) is 4.15. The molecule has 0 unspecified atom stereocenters. The summed E-state index contributed by atoms with van der Waals surface area (Å²) < 4.78 is 42.3. The minimum absolute atomic E-state index is 0.0341. The number of hydrogen-bond acceptors (Lipinski definition) is 4. The molecule has 0 radical (unpaired) electrons. The molecule has 0 aliphatic carbocycles. The minimum atomic E-state index is -4.60. The van der Waals surface area contributed by atoms with Gasteiger partial charge in [0.05, 0.1) is 12.7 Å². The van der Waals surface area contributed by atoms with Crippen molar-refractivity contribution in [2.45, 2.75) is 33.0 Å². The van der Waals surface area contributed by atoms with Gasteiger partial charge in [-0.2, -0.15) is 18.3 Å². The summed E-state index contributed by atoms with van der Waals surface area (Å²) >= 11 is 0. The molecule has 0 bridgehead atoms. The lowest BCUT2D eigenvalue weighted by Gasteiger charge is -2.21. The van der Waals surface area contributed by atoms with Crippen LogP contribution in [0.25, 0.3) is 5.65 Å². The second kappa shape index (κ2) is 7.01. The van der Waals surface area contributed by atoms with Gasteiger partial charge in [0.25, 0.3) is 5.91 Å². The Morgan fingerprint density at radius 1 is 1.33 bits per heavy atom. The van der Waals surface area contributed by atoms with Crippen molar-refractivity contribution in [3.8, 4) is 0 Å². The molecule has 144 valence electrons. The Kier molecular flexibility index (Phi) is 4.90. The Balaban J connectivity index is 2.03. The molecule has 0 aromatic carbocycles. The first-order chi connectivity index (χ1) is 12.7. The highest BCUT2D eigenvalue weighted by Crippen LogP contribution is 2.30. The average Bonchev–Trinajstić information content (AvgIpc) is 3.18. The third kappa shape index (κ3) is 3.64. The molecule has 7 nitrogen and oxygen atoms in total. The van der Waals surface area contributed by atoms with Crippen molar-refractivity contribution in [1.82, 2.24) is 29.0 Å². The number of aryl methyl sites for hydroxylation is 2. The number of amides is 1. The maximum Gasteiger partial charge on any atom is 0.433 e. The predicted molar refractivity (Wildman–Crippen MR) is 91.0 cm³/mol. The van der Waals surface area contributed by atoms with E-state index in [1.54, 1.807) is 17.0 Å². The van der Waals surface area contributed by atoms with E-state index in [2.05, 4.69) is 15.1 Å². The molecule has 3 rings (SSSR count). The quantitative estimate of drug-likeness (QED) is 0.683. The fraction of sp³-hybridized carbons (Fsp3) is 0.412. The molecule has 1 amide bonds. The summed E-state index contributed by atoms with van der Waals surface area (Å²) in [4.78, 5) is 22.9. The second-order valence-electron chi connectivity index (χ2n) is 6.26. The standard InChI is InChI=1S/C17H19F3N6O/c1-4-6-25(10-14-21-5-7-24(14)3)16(27)12-9-22-26-13(17(18,19)20)8-11(2)23-15(12)26/h5,7-9H,4,6,10H2,1-3H3. The number of rotatable bonds is 5. The number of aromatic nitrogens is 5. The van der Waals surface area contributed by atoms with Crippen molar-refractivity contribution in [1.29, 1.82) is 0 Å². The van der Waals surface area contributed by atoms with Crippen LogP contribution in [0.15, 0.2) is 24.7 Å². The fourth-order valence-corrected chi connectivity index (χ4v) is 2.85. The third-order valence-corrected chi connectivity index (χ3v) is 4.15. The zero-order chi connectivity index (χ0) is 19.8. The summed E-state index contributed by atoms with van der Waals surface area (Å²) in [5.74, 6) is 0.245. The summed E-state index contributed by atoms with van der Waals surface area (Å²) in [6.45, 7) is 4.04.